The summed E-state index contributed by atoms with van der Waals surface area (Å²) in [6.07, 6.45) is 1.89. The molecule has 168 valence electrons. The SMILES string of the molecule is Cc1oc2ccc(C(=O)NS(=O)(=O)C=Cc3ccccc3)cc2c1Cc1ccc(Cl)cc1Cl. The molecule has 1 aromatic heterocycles. The van der Waals surface area contributed by atoms with Crippen LogP contribution in [0.15, 0.2) is 76.6 Å². The molecular formula is C25H19Cl2NO4S. The molecule has 0 aliphatic rings. The van der Waals surface area contributed by atoms with Crippen LogP contribution in [0.1, 0.15) is 32.8 Å². The van der Waals surface area contributed by atoms with E-state index in [1.165, 1.54) is 12.1 Å². The molecule has 8 heteroatoms. The van der Waals surface area contributed by atoms with Crippen LogP contribution < -0.4 is 4.72 Å². The average Bonchev–Trinajstić information content (AvgIpc) is 3.09. The van der Waals surface area contributed by atoms with Crippen LogP contribution in [0.2, 0.25) is 10.0 Å². The molecule has 0 saturated heterocycles. The Labute approximate surface area is 201 Å². The van der Waals surface area contributed by atoms with Crippen molar-refractivity contribution >= 4 is 56.2 Å². The van der Waals surface area contributed by atoms with E-state index >= 15 is 0 Å². The van der Waals surface area contributed by atoms with Crippen LogP contribution in [0.3, 0.4) is 0 Å². The number of halogens is 2. The molecule has 0 bridgehead atoms. The standard InChI is InChI=1S/C25H19Cl2NO4S/c1-16-21(13-18-7-9-20(26)15-23(18)27)22-14-19(8-10-24(22)32-16)25(29)28-33(30,31)12-11-17-5-3-2-4-6-17/h2-12,14-15H,13H2,1H3,(H,28,29). The van der Waals surface area contributed by atoms with Gasteiger partial charge in [-0.15, -0.1) is 0 Å². The molecule has 4 aromatic rings. The Bertz CT molecular complexity index is 1480. The predicted molar refractivity (Wildman–Crippen MR) is 132 cm³/mol. The van der Waals surface area contributed by atoms with E-state index in [0.29, 0.717) is 38.8 Å². The minimum atomic E-state index is -3.98. The van der Waals surface area contributed by atoms with E-state index < -0.39 is 15.9 Å². The van der Waals surface area contributed by atoms with Gasteiger partial charge in [-0.3, -0.25) is 4.79 Å². The van der Waals surface area contributed by atoms with Crippen LogP contribution in [-0.4, -0.2) is 14.3 Å². The molecule has 0 atom stereocenters. The van der Waals surface area contributed by atoms with Gasteiger partial charge in [0.05, 0.1) is 5.41 Å². The van der Waals surface area contributed by atoms with Gasteiger partial charge in [-0.2, -0.15) is 0 Å². The summed E-state index contributed by atoms with van der Waals surface area (Å²) >= 11 is 12.3. The summed E-state index contributed by atoms with van der Waals surface area (Å²) in [5, 5.41) is 2.75. The third-order valence-corrected chi connectivity index (χ3v) is 6.66. The number of hydrogen-bond donors (Lipinski definition) is 1. The van der Waals surface area contributed by atoms with Crippen LogP contribution >= 0.6 is 23.2 Å². The second-order valence-corrected chi connectivity index (χ2v) is 9.86. The summed E-state index contributed by atoms with van der Waals surface area (Å²) in [7, 11) is -3.98. The lowest BCUT2D eigenvalue weighted by molar-refractivity contribution is 0.0982. The highest BCUT2D eigenvalue weighted by molar-refractivity contribution is 7.93. The van der Waals surface area contributed by atoms with Crippen LogP contribution in [0.25, 0.3) is 17.0 Å². The summed E-state index contributed by atoms with van der Waals surface area (Å²) in [6, 6.07) is 19.0. The zero-order chi connectivity index (χ0) is 23.6. The maximum absolute atomic E-state index is 12.7. The van der Waals surface area contributed by atoms with Gasteiger partial charge < -0.3 is 4.42 Å². The van der Waals surface area contributed by atoms with E-state index in [4.69, 9.17) is 27.6 Å². The summed E-state index contributed by atoms with van der Waals surface area (Å²) < 4.78 is 32.6. The lowest BCUT2D eigenvalue weighted by Gasteiger charge is -2.06. The summed E-state index contributed by atoms with van der Waals surface area (Å²) in [5.74, 6) is -0.0454. The van der Waals surface area contributed by atoms with E-state index in [-0.39, 0.29) is 5.56 Å². The van der Waals surface area contributed by atoms with Crippen molar-refractivity contribution in [1.82, 2.24) is 4.72 Å². The summed E-state index contributed by atoms with van der Waals surface area (Å²) in [4.78, 5) is 12.7. The highest BCUT2D eigenvalue weighted by Crippen LogP contribution is 2.31. The fraction of sp³-hybridized carbons (Fsp3) is 0.0800. The number of rotatable bonds is 6. The molecule has 0 aliphatic heterocycles. The van der Waals surface area contributed by atoms with E-state index in [0.717, 1.165) is 16.5 Å². The van der Waals surface area contributed by atoms with Gasteiger partial charge in [0.1, 0.15) is 11.3 Å². The highest BCUT2D eigenvalue weighted by atomic mass is 35.5. The monoisotopic (exact) mass is 499 g/mol. The number of hydrogen-bond acceptors (Lipinski definition) is 4. The second kappa shape index (κ2) is 9.43. The summed E-state index contributed by atoms with van der Waals surface area (Å²) in [6.45, 7) is 1.83. The Morgan fingerprint density at radius 1 is 1.03 bits per heavy atom. The van der Waals surface area contributed by atoms with Crippen molar-refractivity contribution < 1.29 is 17.6 Å². The van der Waals surface area contributed by atoms with Crippen molar-refractivity contribution in [2.45, 2.75) is 13.3 Å². The normalized spacial score (nSPS) is 11.8. The maximum Gasteiger partial charge on any atom is 0.265 e. The van der Waals surface area contributed by atoms with E-state index in [9.17, 15) is 13.2 Å². The van der Waals surface area contributed by atoms with Crippen molar-refractivity contribution in [2.24, 2.45) is 0 Å². The number of aryl methyl sites for hydroxylation is 1. The molecule has 4 rings (SSSR count). The van der Waals surface area contributed by atoms with Crippen LogP contribution in [0.5, 0.6) is 0 Å². The molecular weight excluding hydrogens is 481 g/mol. The third-order valence-electron chi connectivity index (χ3n) is 5.11. The Kier molecular flexibility index (Phi) is 6.61. The first-order chi connectivity index (χ1) is 15.7. The number of fused-ring (bicyclic) bond motifs is 1. The van der Waals surface area contributed by atoms with Crippen molar-refractivity contribution in [2.75, 3.05) is 0 Å². The number of sulfonamides is 1. The fourth-order valence-corrected chi connectivity index (χ4v) is 4.70. The van der Waals surface area contributed by atoms with Crippen LogP contribution in [-0.2, 0) is 16.4 Å². The average molecular weight is 500 g/mol. The summed E-state index contributed by atoms with van der Waals surface area (Å²) in [5.41, 5.74) is 3.21. The van der Waals surface area contributed by atoms with E-state index in [1.54, 1.807) is 48.5 Å². The quantitative estimate of drug-likeness (QED) is 0.334. The van der Waals surface area contributed by atoms with Crippen molar-refractivity contribution in [3.63, 3.8) is 0 Å². The number of nitrogens with one attached hydrogen (secondary N) is 1. The van der Waals surface area contributed by atoms with Gasteiger partial charge in [-0.1, -0.05) is 59.6 Å². The topological polar surface area (TPSA) is 76.4 Å². The van der Waals surface area contributed by atoms with Gasteiger partial charge in [0, 0.05) is 33.0 Å². The number of furan rings is 1. The highest BCUT2D eigenvalue weighted by Gasteiger charge is 2.18. The first kappa shape index (κ1) is 23.1. The number of benzene rings is 3. The minimum Gasteiger partial charge on any atom is -0.461 e. The van der Waals surface area contributed by atoms with E-state index in [1.807, 2.05) is 19.1 Å². The van der Waals surface area contributed by atoms with Gasteiger partial charge in [0.15, 0.2) is 0 Å². The number of carbonyl (C=O) groups excluding carboxylic acids is 1. The molecule has 1 heterocycles. The fourth-order valence-electron chi connectivity index (χ4n) is 3.44. The lowest BCUT2D eigenvalue weighted by Crippen LogP contribution is -2.28. The molecule has 0 radical (unpaired) electrons. The minimum absolute atomic E-state index is 0.198. The first-order valence-corrected chi connectivity index (χ1v) is 12.3. The van der Waals surface area contributed by atoms with Crippen molar-refractivity contribution in [3.05, 3.63) is 110 Å². The molecule has 0 unspecified atom stereocenters. The molecule has 5 nitrogen and oxygen atoms in total. The van der Waals surface area contributed by atoms with Gasteiger partial charge in [0.25, 0.3) is 15.9 Å². The van der Waals surface area contributed by atoms with E-state index in [2.05, 4.69) is 4.72 Å². The predicted octanol–water partition coefficient (Wildman–Crippen LogP) is 6.37. The number of amides is 1. The lowest BCUT2D eigenvalue weighted by atomic mass is 10.0. The Balaban J connectivity index is 1.60. The zero-order valence-electron chi connectivity index (χ0n) is 17.5. The Morgan fingerprint density at radius 2 is 1.79 bits per heavy atom. The maximum atomic E-state index is 12.7. The second-order valence-electron chi connectivity index (χ2n) is 7.45. The largest absolute Gasteiger partial charge is 0.461 e. The Hall–Kier alpha value is -3.06. The van der Waals surface area contributed by atoms with Crippen molar-refractivity contribution in [3.8, 4) is 0 Å². The molecule has 0 fully saturated rings. The zero-order valence-corrected chi connectivity index (χ0v) is 19.8. The van der Waals surface area contributed by atoms with Gasteiger partial charge in [-0.05, 0) is 54.5 Å². The molecule has 0 spiro atoms. The molecule has 0 aliphatic carbocycles. The molecule has 1 amide bonds. The molecule has 33 heavy (non-hydrogen) atoms. The molecule has 1 N–H and O–H groups in total. The third kappa shape index (κ3) is 5.47. The number of carbonyl (C=O) groups is 1. The van der Waals surface area contributed by atoms with Gasteiger partial charge in [-0.25, -0.2) is 13.1 Å². The van der Waals surface area contributed by atoms with Crippen LogP contribution in [0.4, 0.5) is 0 Å². The van der Waals surface area contributed by atoms with Gasteiger partial charge >= 0.3 is 0 Å². The molecule has 0 saturated carbocycles. The van der Waals surface area contributed by atoms with Crippen LogP contribution in [0, 0.1) is 6.92 Å². The smallest absolute Gasteiger partial charge is 0.265 e. The molecule has 3 aromatic carbocycles. The van der Waals surface area contributed by atoms with Crippen molar-refractivity contribution in [1.29, 1.82) is 0 Å². The van der Waals surface area contributed by atoms with Gasteiger partial charge in [0.2, 0.25) is 0 Å². The Morgan fingerprint density at radius 3 is 2.52 bits per heavy atom. The first-order valence-electron chi connectivity index (χ1n) is 9.98.